The number of hydrogen-bond donors (Lipinski definition) is 1. The fourth-order valence-corrected chi connectivity index (χ4v) is 4.85. The van der Waals surface area contributed by atoms with E-state index in [1.54, 1.807) is 46.0 Å². The summed E-state index contributed by atoms with van der Waals surface area (Å²) in [5.74, 6) is -0.872. The number of pyridine rings is 1. The third-order valence-electron chi connectivity index (χ3n) is 6.23. The average Bonchev–Trinajstić information content (AvgIpc) is 2.80. The molecule has 34 heavy (non-hydrogen) atoms. The number of aliphatic carboxylic acids is 1. The summed E-state index contributed by atoms with van der Waals surface area (Å²) in [5.41, 5.74) is 2.96. The number of halogens is 1. The van der Waals surface area contributed by atoms with Gasteiger partial charge in [-0.25, -0.2) is 9.18 Å². The van der Waals surface area contributed by atoms with Crippen LogP contribution in [-0.4, -0.2) is 28.3 Å². The van der Waals surface area contributed by atoms with Crippen molar-refractivity contribution in [1.82, 2.24) is 4.98 Å². The van der Waals surface area contributed by atoms with E-state index in [0.29, 0.717) is 34.0 Å². The molecule has 1 aliphatic rings. The molecule has 5 nitrogen and oxygen atoms in total. The molecular weight excluding hydrogens is 433 g/mol. The van der Waals surface area contributed by atoms with Crippen molar-refractivity contribution in [3.8, 4) is 16.9 Å². The predicted octanol–water partition coefficient (Wildman–Crippen LogP) is 6.38. The molecule has 0 fully saturated rings. The van der Waals surface area contributed by atoms with Crippen molar-refractivity contribution in [2.75, 3.05) is 6.61 Å². The number of carboxylic acid groups (broad SMARTS) is 1. The van der Waals surface area contributed by atoms with Crippen molar-refractivity contribution in [3.63, 3.8) is 0 Å². The zero-order valence-electron chi connectivity index (χ0n) is 19.6. The molecule has 0 amide bonds. The highest BCUT2D eigenvalue weighted by Gasteiger charge is 2.34. The standard InChI is InChI=1S/C28H26FNO4/c1-15-21(26(27(31)32)34-28(2,3)4)23(17-7-5-6-8-18(17)24(15)29)19-9-10-20-22-16(12-14-33-20)11-13-30-25(19)22/h5-11,13,26H,12,14H2,1-4H3,(H,31,32). The van der Waals surface area contributed by atoms with E-state index in [1.807, 2.05) is 30.3 Å². The zero-order valence-corrected chi connectivity index (χ0v) is 19.6. The largest absolute Gasteiger partial charge is 0.493 e. The van der Waals surface area contributed by atoms with E-state index in [4.69, 9.17) is 9.47 Å². The first-order chi connectivity index (χ1) is 16.2. The molecule has 0 radical (unpaired) electrons. The lowest BCUT2D eigenvalue weighted by Gasteiger charge is -2.29. The van der Waals surface area contributed by atoms with Crippen molar-refractivity contribution in [2.24, 2.45) is 0 Å². The van der Waals surface area contributed by atoms with Crippen molar-refractivity contribution in [1.29, 1.82) is 0 Å². The molecule has 4 aromatic rings. The quantitative estimate of drug-likeness (QED) is 0.384. The lowest BCUT2D eigenvalue weighted by Crippen LogP contribution is -2.28. The van der Waals surface area contributed by atoms with Crippen molar-refractivity contribution >= 4 is 27.6 Å². The van der Waals surface area contributed by atoms with Crippen LogP contribution >= 0.6 is 0 Å². The Morgan fingerprint density at radius 3 is 2.59 bits per heavy atom. The predicted molar refractivity (Wildman–Crippen MR) is 130 cm³/mol. The Kier molecular flexibility index (Phi) is 5.29. The first-order valence-corrected chi connectivity index (χ1v) is 11.3. The molecule has 0 aliphatic carbocycles. The molecule has 5 rings (SSSR count). The summed E-state index contributed by atoms with van der Waals surface area (Å²) in [6.45, 7) is 7.57. The van der Waals surface area contributed by atoms with Gasteiger partial charge >= 0.3 is 5.97 Å². The molecule has 2 heterocycles. The molecule has 0 spiro atoms. The molecule has 1 aliphatic heterocycles. The van der Waals surface area contributed by atoms with Gasteiger partial charge in [-0.3, -0.25) is 4.98 Å². The van der Waals surface area contributed by atoms with Gasteiger partial charge in [0.15, 0.2) is 6.10 Å². The smallest absolute Gasteiger partial charge is 0.337 e. The third kappa shape index (κ3) is 3.59. The lowest BCUT2D eigenvalue weighted by atomic mass is 9.85. The minimum atomic E-state index is -1.36. The van der Waals surface area contributed by atoms with Crippen LogP contribution in [0, 0.1) is 12.7 Å². The van der Waals surface area contributed by atoms with Crippen LogP contribution in [0.15, 0.2) is 48.7 Å². The van der Waals surface area contributed by atoms with Crippen molar-refractivity contribution in [2.45, 2.75) is 45.8 Å². The Balaban J connectivity index is 1.94. The third-order valence-corrected chi connectivity index (χ3v) is 6.23. The van der Waals surface area contributed by atoms with E-state index in [2.05, 4.69) is 4.98 Å². The zero-order chi connectivity index (χ0) is 24.2. The monoisotopic (exact) mass is 459 g/mol. The average molecular weight is 460 g/mol. The minimum absolute atomic E-state index is 0.252. The van der Waals surface area contributed by atoms with Gasteiger partial charge in [0.2, 0.25) is 0 Å². The Hall–Kier alpha value is -3.51. The summed E-state index contributed by atoms with van der Waals surface area (Å²) in [6.07, 6.45) is 1.15. The summed E-state index contributed by atoms with van der Waals surface area (Å²) >= 11 is 0. The fraction of sp³-hybridized carbons (Fsp3) is 0.286. The van der Waals surface area contributed by atoms with Gasteiger partial charge in [-0.2, -0.15) is 0 Å². The van der Waals surface area contributed by atoms with Gasteiger partial charge in [0.1, 0.15) is 11.6 Å². The maximum Gasteiger partial charge on any atom is 0.337 e. The van der Waals surface area contributed by atoms with Gasteiger partial charge in [-0.05, 0) is 68.0 Å². The Morgan fingerprint density at radius 2 is 1.88 bits per heavy atom. The summed E-state index contributed by atoms with van der Waals surface area (Å²) in [7, 11) is 0. The fourth-order valence-electron chi connectivity index (χ4n) is 4.85. The van der Waals surface area contributed by atoms with E-state index in [-0.39, 0.29) is 5.56 Å². The van der Waals surface area contributed by atoms with E-state index in [1.165, 1.54) is 0 Å². The second-order valence-electron chi connectivity index (χ2n) is 9.63. The van der Waals surface area contributed by atoms with E-state index in [9.17, 15) is 9.90 Å². The molecule has 6 heteroatoms. The molecule has 0 saturated carbocycles. The topological polar surface area (TPSA) is 68.7 Å². The van der Waals surface area contributed by atoms with E-state index >= 15 is 4.39 Å². The van der Waals surface area contributed by atoms with Crippen LogP contribution in [0.3, 0.4) is 0 Å². The highest BCUT2D eigenvalue weighted by Crippen LogP contribution is 2.45. The van der Waals surface area contributed by atoms with Crippen LogP contribution in [0.2, 0.25) is 0 Å². The number of fused-ring (bicyclic) bond motifs is 1. The molecule has 1 atom stereocenters. The molecule has 1 unspecified atom stereocenters. The summed E-state index contributed by atoms with van der Waals surface area (Å²) < 4.78 is 27.5. The van der Waals surface area contributed by atoms with Gasteiger partial charge in [-0.15, -0.1) is 0 Å². The molecule has 0 saturated heterocycles. The molecule has 1 aromatic heterocycles. The van der Waals surface area contributed by atoms with Crippen molar-refractivity contribution in [3.05, 3.63) is 71.2 Å². The Bertz CT molecular complexity index is 1440. The van der Waals surface area contributed by atoms with Crippen molar-refractivity contribution < 1.29 is 23.8 Å². The number of rotatable bonds is 4. The normalized spacial score (nSPS) is 14.3. The molecule has 3 aromatic carbocycles. The number of benzene rings is 3. The van der Waals surface area contributed by atoms with Crippen LogP contribution in [0.1, 0.15) is 43.6 Å². The van der Waals surface area contributed by atoms with Gasteiger partial charge in [0.05, 0.1) is 17.7 Å². The van der Waals surface area contributed by atoms with Crippen LogP contribution < -0.4 is 4.74 Å². The lowest BCUT2D eigenvalue weighted by molar-refractivity contribution is -0.160. The first kappa shape index (κ1) is 22.3. The number of aromatic nitrogens is 1. The number of carbonyl (C=O) groups is 1. The van der Waals surface area contributed by atoms with E-state index < -0.39 is 23.5 Å². The maximum atomic E-state index is 15.6. The second kappa shape index (κ2) is 8.06. The highest BCUT2D eigenvalue weighted by molar-refractivity contribution is 6.09. The summed E-state index contributed by atoms with van der Waals surface area (Å²) in [6, 6.07) is 12.9. The number of nitrogens with zero attached hydrogens (tertiary/aromatic N) is 1. The van der Waals surface area contributed by atoms with Crippen LogP contribution in [0.5, 0.6) is 5.75 Å². The van der Waals surface area contributed by atoms with Gasteiger partial charge in [-0.1, -0.05) is 24.3 Å². The molecule has 1 N–H and O–H groups in total. The Morgan fingerprint density at radius 1 is 1.15 bits per heavy atom. The van der Waals surface area contributed by atoms with Crippen LogP contribution in [-0.2, 0) is 16.0 Å². The van der Waals surface area contributed by atoms with Gasteiger partial charge in [0.25, 0.3) is 0 Å². The molecular formula is C28H26FNO4. The van der Waals surface area contributed by atoms with Crippen LogP contribution in [0.25, 0.3) is 32.8 Å². The number of ether oxygens (including phenoxy) is 2. The van der Waals surface area contributed by atoms with Crippen LogP contribution in [0.4, 0.5) is 4.39 Å². The van der Waals surface area contributed by atoms with E-state index in [0.717, 1.165) is 28.7 Å². The number of hydrogen-bond acceptors (Lipinski definition) is 4. The Labute approximate surface area is 197 Å². The first-order valence-electron chi connectivity index (χ1n) is 11.3. The summed E-state index contributed by atoms with van der Waals surface area (Å²) in [4.78, 5) is 17.2. The maximum absolute atomic E-state index is 15.6. The SMILES string of the molecule is Cc1c(C(OC(C)(C)C)C(=O)O)c(-c2ccc3c4c(ccnc24)CCO3)c2ccccc2c1F. The van der Waals surface area contributed by atoms with Gasteiger partial charge in [0, 0.05) is 34.5 Å². The molecule has 0 bridgehead atoms. The highest BCUT2D eigenvalue weighted by atomic mass is 19.1. The second-order valence-corrected chi connectivity index (χ2v) is 9.63. The molecule has 174 valence electrons. The summed E-state index contributed by atoms with van der Waals surface area (Å²) in [5, 5.41) is 12.2. The minimum Gasteiger partial charge on any atom is -0.493 e. The number of carboxylic acids is 1. The van der Waals surface area contributed by atoms with Gasteiger partial charge < -0.3 is 14.6 Å².